The molecule has 2 aromatic carbocycles. The molecule has 0 radical (unpaired) electrons. The summed E-state index contributed by atoms with van der Waals surface area (Å²) < 4.78 is 27.0. The molecule has 2 heterocycles. The van der Waals surface area contributed by atoms with E-state index in [9.17, 15) is 14.3 Å². The van der Waals surface area contributed by atoms with Crippen molar-refractivity contribution in [3.05, 3.63) is 64.8 Å². The lowest BCUT2D eigenvalue weighted by Gasteiger charge is -2.12. The Bertz CT molecular complexity index is 1390. The molecule has 0 spiro atoms. The Balaban J connectivity index is 1.56. The molecule has 0 bridgehead atoms. The number of anilines is 1. The molecule has 0 aliphatic heterocycles. The van der Waals surface area contributed by atoms with E-state index >= 15 is 0 Å². The summed E-state index contributed by atoms with van der Waals surface area (Å²) in [5, 5.41) is 13.3. The number of carboxylic acid groups (broad SMARTS) is 1. The van der Waals surface area contributed by atoms with Gasteiger partial charge in [0.05, 0.1) is 30.5 Å². The van der Waals surface area contributed by atoms with Crippen molar-refractivity contribution in [3.63, 3.8) is 0 Å². The fraction of sp³-hybridized carbons (Fsp3) is 0.208. The first-order valence-electron chi connectivity index (χ1n) is 10.3. The predicted molar refractivity (Wildman–Crippen MR) is 128 cm³/mol. The molecule has 34 heavy (non-hydrogen) atoms. The van der Waals surface area contributed by atoms with E-state index in [-0.39, 0.29) is 22.2 Å². The van der Waals surface area contributed by atoms with Gasteiger partial charge in [-0.1, -0.05) is 11.6 Å². The van der Waals surface area contributed by atoms with Crippen LogP contribution < -0.4 is 14.8 Å². The van der Waals surface area contributed by atoms with E-state index < -0.39 is 5.97 Å². The maximum atomic E-state index is 14.6. The summed E-state index contributed by atoms with van der Waals surface area (Å²) in [4.78, 5) is 20.0. The average Bonchev–Trinajstić information content (AvgIpc) is 3.15. The van der Waals surface area contributed by atoms with Crippen molar-refractivity contribution in [3.8, 4) is 22.8 Å². The molecule has 0 aliphatic carbocycles. The molecule has 2 aromatic heterocycles. The Hall–Kier alpha value is -3.85. The van der Waals surface area contributed by atoms with Gasteiger partial charge in [-0.3, -0.25) is 0 Å². The molecule has 4 rings (SSSR count). The number of rotatable bonds is 8. The molecule has 8 nitrogen and oxygen atoms in total. The molecular formula is C24H22ClFN4O4. The van der Waals surface area contributed by atoms with Gasteiger partial charge < -0.3 is 24.5 Å². The van der Waals surface area contributed by atoms with Gasteiger partial charge in [-0.2, -0.15) is 0 Å². The van der Waals surface area contributed by atoms with Crippen LogP contribution in [0.4, 0.5) is 10.2 Å². The van der Waals surface area contributed by atoms with Crippen molar-refractivity contribution in [2.45, 2.75) is 13.5 Å². The molecule has 0 aliphatic rings. The Kier molecular flexibility index (Phi) is 6.56. The Morgan fingerprint density at radius 1 is 1.15 bits per heavy atom. The number of halogens is 2. The second kappa shape index (κ2) is 9.56. The fourth-order valence-corrected chi connectivity index (χ4v) is 4.20. The van der Waals surface area contributed by atoms with Gasteiger partial charge in [0, 0.05) is 35.8 Å². The van der Waals surface area contributed by atoms with Gasteiger partial charge in [-0.05, 0) is 37.3 Å². The quantitative estimate of drug-likeness (QED) is 0.362. The molecule has 0 saturated heterocycles. The Labute approximate surface area is 199 Å². The molecule has 0 unspecified atom stereocenters. The number of fused-ring (bicyclic) bond motifs is 1. The first kappa shape index (κ1) is 23.3. The van der Waals surface area contributed by atoms with Crippen molar-refractivity contribution in [2.24, 2.45) is 0 Å². The van der Waals surface area contributed by atoms with Crippen LogP contribution in [0, 0.1) is 12.7 Å². The number of carboxylic acids is 1. The first-order valence-corrected chi connectivity index (χ1v) is 10.7. The van der Waals surface area contributed by atoms with E-state index in [1.54, 1.807) is 25.3 Å². The SMILES string of the molecule is COc1cc(-c2cc(NCCn3c(C)cc4c(OC)ccc(F)c43)ncn2)cc(Cl)c1C(=O)O. The molecule has 0 amide bonds. The van der Waals surface area contributed by atoms with Crippen molar-refractivity contribution < 1.29 is 23.8 Å². The Morgan fingerprint density at radius 3 is 2.62 bits per heavy atom. The van der Waals surface area contributed by atoms with Crippen LogP contribution in [-0.2, 0) is 6.54 Å². The standard InChI is InChI=1S/C24H22ClFN4O4/c1-13-8-15-19(33-2)5-4-17(26)23(15)30(13)7-6-27-21-11-18(28-12-29-21)14-9-16(25)22(24(31)32)20(10-14)34-3/h4-5,8-12H,6-7H2,1-3H3,(H,31,32)(H,27,28,29). The number of methoxy groups -OCH3 is 2. The number of hydrogen-bond donors (Lipinski definition) is 2. The van der Waals surface area contributed by atoms with Crippen molar-refractivity contribution in [2.75, 3.05) is 26.1 Å². The van der Waals surface area contributed by atoms with Crippen LogP contribution in [0.2, 0.25) is 5.02 Å². The normalized spacial score (nSPS) is 11.0. The summed E-state index contributed by atoms with van der Waals surface area (Å²) in [6, 6.07) is 9.72. The number of nitrogens with one attached hydrogen (secondary N) is 1. The van der Waals surface area contributed by atoms with E-state index in [1.807, 2.05) is 17.6 Å². The van der Waals surface area contributed by atoms with Crippen molar-refractivity contribution >= 4 is 34.3 Å². The van der Waals surface area contributed by atoms with Crippen LogP contribution in [0.1, 0.15) is 16.1 Å². The second-order valence-corrected chi connectivity index (χ2v) is 7.91. The van der Waals surface area contributed by atoms with Gasteiger partial charge in [-0.15, -0.1) is 0 Å². The number of aryl methyl sites for hydroxylation is 1. The third kappa shape index (κ3) is 4.34. The lowest BCUT2D eigenvalue weighted by Crippen LogP contribution is -2.13. The van der Waals surface area contributed by atoms with Crippen molar-refractivity contribution in [1.29, 1.82) is 0 Å². The zero-order valence-corrected chi connectivity index (χ0v) is 19.5. The summed E-state index contributed by atoms with van der Waals surface area (Å²) in [5.74, 6) is -0.191. The van der Waals surface area contributed by atoms with E-state index in [0.29, 0.717) is 41.4 Å². The summed E-state index contributed by atoms with van der Waals surface area (Å²) in [7, 11) is 2.94. The number of benzene rings is 2. The van der Waals surface area contributed by atoms with Gasteiger partial charge in [0.25, 0.3) is 0 Å². The molecule has 0 atom stereocenters. The molecular weight excluding hydrogens is 463 g/mol. The van der Waals surface area contributed by atoms with Gasteiger partial charge >= 0.3 is 5.97 Å². The highest BCUT2D eigenvalue weighted by Crippen LogP contribution is 2.33. The highest BCUT2D eigenvalue weighted by Gasteiger charge is 2.18. The minimum atomic E-state index is -1.18. The van der Waals surface area contributed by atoms with Gasteiger partial charge in [-0.25, -0.2) is 19.2 Å². The molecule has 176 valence electrons. The smallest absolute Gasteiger partial charge is 0.341 e. The summed E-state index contributed by atoms with van der Waals surface area (Å²) in [5.41, 5.74) is 2.40. The lowest BCUT2D eigenvalue weighted by atomic mass is 10.1. The van der Waals surface area contributed by atoms with Crippen LogP contribution in [0.5, 0.6) is 11.5 Å². The van der Waals surface area contributed by atoms with E-state index in [2.05, 4.69) is 15.3 Å². The highest BCUT2D eigenvalue weighted by molar-refractivity contribution is 6.34. The zero-order chi connectivity index (χ0) is 24.4. The zero-order valence-electron chi connectivity index (χ0n) is 18.7. The third-order valence-corrected chi connectivity index (χ3v) is 5.79. The van der Waals surface area contributed by atoms with Gasteiger partial charge in [0.2, 0.25) is 0 Å². The molecule has 2 N–H and O–H groups in total. The number of ether oxygens (including phenoxy) is 2. The first-order chi connectivity index (χ1) is 16.3. The largest absolute Gasteiger partial charge is 0.496 e. The maximum Gasteiger partial charge on any atom is 0.341 e. The van der Waals surface area contributed by atoms with Gasteiger partial charge in [0.15, 0.2) is 0 Å². The summed E-state index contributed by atoms with van der Waals surface area (Å²) in [6.45, 7) is 2.88. The minimum Gasteiger partial charge on any atom is -0.496 e. The highest BCUT2D eigenvalue weighted by atomic mass is 35.5. The topological polar surface area (TPSA) is 98.5 Å². The second-order valence-electron chi connectivity index (χ2n) is 7.51. The predicted octanol–water partition coefficient (Wildman–Crippen LogP) is 5.03. The monoisotopic (exact) mass is 484 g/mol. The van der Waals surface area contributed by atoms with Gasteiger partial charge in [0.1, 0.15) is 35.0 Å². The molecule has 4 aromatic rings. The van der Waals surface area contributed by atoms with Crippen LogP contribution in [0.15, 0.2) is 42.7 Å². The van der Waals surface area contributed by atoms with Crippen LogP contribution in [-0.4, -0.2) is 46.4 Å². The molecule has 0 fully saturated rings. The van der Waals surface area contributed by atoms with E-state index in [0.717, 1.165) is 11.1 Å². The average molecular weight is 485 g/mol. The van der Waals surface area contributed by atoms with E-state index in [1.165, 1.54) is 25.6 Å². The minimum absolute atomic E-state index is 0.0439. The van der Waals surface area contributed by atoms with Crippen molar-refractivity contribution in [1.82, 2.24) is 14.5 Å². The Morgan fingerprint density at radius 2 is 1.91 bits per heavy atom. The lowest BCUT2D eigenvalue weighted by molar-refractivity contribution is 0.0693. The maximum absolute atomic E-state index is 14.6. The van der Waals surface area contributed by atoms with Crippen LogP contribution >= 0.6 is 11.6 Å². The third-order valence-electron chi connectivity index (χ3n) is 5.49. The number of aromatic nitrogens is 3. The molecule has 10 heteroatoms. The summed E-state index contributed by atoms with van der Waals surface area (Å²) in [6.07, 6.45) is 1.39. The van der Waals surface area contributed by atoms with Crippen LogP contribution in [0.3, 0.4) is 0 Å². The van der Waals surface area contributed by atoms with E-state index in [4.69, 9.17) is 21.1 Å². The number of aromatic carboxylic acids is 1. The summed E-state index contributed by atoms with van der Waals surface area (Å²) >= 11 is 6.17. The number of hydrogen-bond acceptors (Lipinski definition) is 6. The van der Waals surface area contributed by atoms with Crippen LogP contribution in [0.25, 0.3) is 22.2 Å². The number of carbonyl (C=O) groups is 1. The fourth-order valence-electron chi connectivity index (χ4n) is 3.91. The molecule has 0 saturated carbocycles. The number of nitrogens with zero attached hydrogens (tertiary/aromatic N) is 3.